The Morgan fingerprint density at radius 2 is 1.87 bits per heavy atom. The van der Waals surface area contributed by atoms with Gasteiger partial charge < -0.3 is 9.47 Å². The van der Waals surface area contributed by atoms with Gasteiger partial charge in [0.2, 0.25) is 0 Å². The number of aryl methyl sites for hydroxylation is 1. The summed E-state index contributed by atoms with van der Waals surface area (Å²) in [5.41, 5.74) is 3.65. The van der Waals surface area contributed by atoms with Gasteiger partial charge in [-0.15, -0.1) is 0 Å². The minimum atomic E-state index is -0.272. The molecule has 0 bridgehead atoms. The number of rotatable bonds is 7. The number of nitrogens with zero attached hydrogens (tertiary/aromatic N) is 3. The van der Waals surface area contributed by atoms with E-state index in [2.05, 4.69) is 55.7 Å². The number of para-hydroxylation sites is 1. The van der Waals surface area contributed by atoms with Crippen molar-refractivity contribution >= 4 is 44.6 Å². The summed E-state index contributed by atoms with van der Waals surface area (Å²) < 4.78 is 13.9. The van der Waals surface area contributed by atoms with Crippen LogP contribution in [-0.2, 0) is 0 Å². The Kier molecular flexibility index (Phi) is 8.52. The van der Waals surface area contributed by atoms with E-state index in [9.17, 15) is 4.79 Å². The second-order valence-corrected chi connectivity index (χ2v) is 12.3. The molecule has 0 aliphatic heterocycles. The first kappa shape index (κ1) is 28.8. The predicted molar refractivity (Wildman–Crippen MR) is 164 cm³/mol. The van der Waals surface area contributed by atoms with E-state index in [0.717, 1.165) is 22.4 Å². The van der Waals surface area contributed by atoms with Crippen molar-refractivity contribution in [2.45, 2.75) is 47.5 Å². The smallest absolute Gasteiger partial charge is 0.282 e. The van der Waals surface area contributed by atoms with Crippen LogP contribution < -0.4 is 15.0 Å². The van der Waals surface area contributed by atoms with E-state index in [1.54, 1.807) is 31.5 Å². The van der Waals surface area contributed by atoms with Gasteiger partial charge in [-0.25, -0.2) is 4.98 Å². The molecule has 1 aromatic heterocycles. The lowest BCUT2D eigenvalue weighted by Crippen LogP contribution is -2.21. The van der Waals surface area contributed by atoms with Crippen molar-refractivity contribution in [1.82, 2.24) is 9.66 Å². The second-order valence-electron chi connectivity index (χ2n) is 11.0. The zero-order valence-electron chi connectivity index (χ0n) is 23.3. The van der Waals surface area contributed by atoms with Crippen LogP contribution in [0.25, 0.3) is 22.3 Å². The molecule has 4 aromatic rings. The third-order valence-electron chi connectivity index (χ3n) is 6.19. The quantitative estimate of drug-likeness (QED) is 0.198. The molecular formula is C31H33BrClN3O3. The minimum Gasteiger partial charge on any atom is -0.496 e. The van der Waals surface area contributed by atoms with Crippen molar-refractivity contribution in [3.63, 3.8) is 0 Å². The van der Waals surface area contributed by atoms with Crippen LogP contribution in [0.15, 0.2) is 62.9 Å². The molecular weight excluding hydrogens is 578 g/mol. The van der Waals surface area contributed by atoms with Crippen LogP contribution in [0, 0.1) is 12.3 Å². The lowest BCUT2D eigenvalue weighted by Gasteiger charge is -2.20. The number of hydrogen-bond acceptors (Lipinski definition) is 5. The number of hydrogen-bond donors (Lipinski definition) is 0. The lowest BCUT2D eigenvalue weighted by molar-refractivity contribution is 0.196. The van der Waals surface area contributed by atoms with Crippen molar-refractivity contribution in [3.05, 3.63) is 85.1 Å². The molecule has 0 N–H and O–H groups in total. The number of halogens is 2. The summed E-state index contributed by atoms with van der Waals surface area (Å²) in [6.45, 7) is 13.0. The molecule has 0 spiro atoms. The standard InChI is InChI=1S/C31H33BrClN3O3/c1-18(2)23-15-24(19(3)12-27(23)38-7)29-35-26-11-9-8-10-22(26)30(37)36(29)34-16-20-13-21(33)14-25(32)28(20)39-17-31(4,5)6/h8-16,18H,17H2,1-7H3. The molecule has 1 heterocycles. The third kappa shape index (κ3) is 6.36. The number of benzene rings is 3. The van der Waals surface area contributed by atoms with Gasteiger partial charge in [-0.3, -0.25) is 4.79 Å². The van der Waals surface area contributed by atoms with Gasteiger partial charge in [0.25, 0.3) is 5.56 Å². The minimum absolute atomic E-state index is 0.0557. The summed E-state index contributed by atoms with van der Waals surface area (Å²) >= 11 is 9.96. The Labute approximate surface area is 242 Å². The summed E-state index contributed by atoms with van der Waals surface area (Å²) in [5.74, 6) is 2.04. The van der Waals surface area contributed by atoms with Crippen LogP contribution in [-0.4, -0.2) is 29.6 Å². The van der Waals surface area contributed by atoms with Crippen molar-refractivity contribution in [2.75, 3.05) is 13.7 Å². The Balaban J connectivity index is 1.95. The second kappa shape index (κ2) is 11.5. The average molecular weight is 611 g/mol. The highest BCUT2D eigenvalue weighted by atomic mass is 79.9. The van der Waals surface area contributed by atoms with Gasteiger partial charge in [-0.05, 0) is 81.7 Å². The van der Waals surface area contributed by atoms with E-state index < -0.39 is 0 Å². The molecule has 0 fully saturated rings. The fraction of sp³-hybridized carbons (Fsp3) is 0.323. The summed E-state index contributed by atoms with van der Waals surface area (Å²) in [7, 11) is 1.66. The van der Waals surface area contributed by atoms with Crippen LogP contribution >= 0.6 is 27.5 Å². The fourth-order valence-corrected chi connectivity index (χ4v) is 5.16. The van der Waals surface area contributed by atoms with Gasteiger partial charge in [-0.2, -0.15) is 9.78 Å². The maximum absolute atomic E-state index is 13.8. The molecule has 0 amide bonds. The Morgan fingerprint density at radius 3 is 2.54 bits per heavy atom. The Morgan fingerprint density at radius 1 is 1.15 bits per heavy atom. The number of methoxy groups -OCH3 is 1. The van der Waals surface area contributed by atoms with E-state index in [-0.39, 0.29) is 16.9 Å². The third-order valence-corrected chi connectivity index (χ3v) is 7.00. The summed E-state index contributed by atoms with van der Waals surface area (Å²) in [4.78, 5) is 18.7. The zero-order valence-corrected chi connectivity index (χ0v) is 25.6. The van der Waals surface area contributed by atoms with Gasteiger partial charge in [0, 0.05) is 16.1 Å². The Hall–Kier alpha value is -3.16. The van der Waals surface area contributed by atoms with Gasteiger partial charge in [-0.1, -0.05) is 58.4 Å². The molecule has 204 valence electrons. The summed E-state index contributed by atoms with van der Waals surface area (Å²) in [6, 6.07) is 14.8. The molecule has 39 heavy (non-hydrogen) atoms. The number of aromatic nitrogens is 2. The first-order chi connectivity index (χ1) is 18.4. The van der Waals surface area contributed by atoms with Crippen LogP contribution in [0.2, 0.25) is 5.02 Å². The fourth-order valence-electron chi connectivity index (χ4n) is 4.21. The molecule has 4 rings (SSSR count). The Bertz CT molecular complexity index is 1620. The van der Waals surface area contributed by atoms with Crippen molar-refractivity contribution < 1.29 is 9.47 Å². The molecule has 8 heteroatoms. The van der Waals surface area contributed by atoms with E-state index in [0.29, 0.717) is 44.1 Å². The van der Waals surface area contributed by atoms with Crippen molar-refractivity contribution in [2.24, 2.45) is 10.5 Å². The van der Waals surface area contributed by atoms with Gasteiger partial charge >= 0.3 is 0 Å². The van der Waals surface area contributed by atoms with Gasteiger partial charge in [0.05, 0.1) is 35.3 Å². The highest BCUT2D eigenvalue weighted by Gasteiger charge is 2.19. The highest BCUT2D eigenvalue weighted by molar-refractivity contribution is 9.10. The average Bonchev–Trinajstić information content (AvgIpc) is 2.86. The van der Waals surface area contributed by atoms with E-state index in [4.69, 9.17) is 26.1 Å². The molecule has 0 unspecified atom stereocenters. The molecule has 3 aromatic carbocycles. The van der Waals surface area contributed by atoms with Crippen LogP contribution in [0.5, 0.6) is 11.5 Å². The lowest BCUT2D eigenvalue weighted by atomic mass is 9.96. The summed E-state index contributed by atoms with van der Waals surface area (Å²) in [6.07, 6.45) is 1.60. The molecule has 0 saturated heterocycles. The monoisotopic (exact) mass is 609 g/mol. The van der Waals surface area contributed by atoms with Crippen LogP contribution in [0.3, 0.4) is 0 Å². The first-order valence-electron chi connectivity index (χ1n) is 12.8. The number of fused-ring (bicyclic) bond motifs is 1. The van der Waals surface area contributed by atoms with Crippen LogP contribution in [0.4, 0.5) is 0 Å². The van der Waals surface area contributed by atoms with Crippen molar-refractivity contribution in [1.29, 1.82) is 0 Å². The molecule has 6 nitrogen and oxygen atoms in total. The number of ether oxygens (including phenoxy) is 2. The maximum atomic E-state index is 13.8. The zero-order chi connectivity index (χ0) is 28.5. The normalized spacial score (nSPS) is 12.1. The van der Waals surface area contributed by atoms with E-state index in [1.165, 1.54) is 4.68 Å². The largest absolute Gasteiger partial charge is 0.496 e. The van der Waals surface area contributed by atoms with Crippen LogP contribution in [0.1, 0.15) is 57.2 Å². The molecule has 0 saturated carbocycles. The maximum Gasteiger partial charge on any atom is 0.282 e. The predicted octanol–water partition coefficient (Wildman–Crippen LogP) is 8.23. The molecule has 0 aliphatic rings. The van der Waals surface area contributed by atoms with Crippen molar-refractivity contribution in [3.8, 4) is 22.9 Å². The molecule has 0 radical (unpaired) electrons. The van der Waals surface area contributed by atoms with E-state index in [1.807, 2.05) is 37.3 Å². The van der Waals surface area contributed by atoms with E-state index >= 15 is 0 Å². The first-order valence-corrected chi connectivity index (χ1v) is 13.9. The molecule has 0 aliphatic carbocycles. The topological polar surface area (TPSA) is 65.7 Å². The SMILES string of the molecule is COc1cc(C)c(-c2nc3ccccc3c(=O)n2N=Cc2cc(Cl)cc(Br)c2OCC(C)(C)C)cc1C(C)C. The molecule has 0 atom stereocenters. The highest BCUT2D eigenvalue weighted by Crippen LogP contribution is 2.35. The van der Waals surface area contributed by atoms with Gasteiger partial charge in [0.15, 0.2) is 5.82 Å². The summed E-state index contributed by atoms with van der Waals surface area (Å²) in [5, 5.41) is 5.67. The van der Waals surface area contributed by atoms with Gasteiger partial charge in [0.1, 0.15) is 11.5 Å².